The van der Waals surface area contributed by atoms with Crippen LogP contribution in [0, 0.1) is 0 Å². The predicted molar refractivity (Wildman–Crippen MR) is 48.1 cm³/mol. The van der Waals surface area contributed by atoms with Gasteiger partial charge in [-0.1, -0.05) is 0 Å². The van der Waals surface area contributed by atoms with E-state index in [2.05, 4.69) is 14.1 Å². The van der Waals surface area contributed by atoms with Crippen molar-refractivity contribution in [3.05, 3.63) is 0 Å². The van der Waals surface area contributed by atoms with Crippen molar-refractivity contribution in [2.45, 2.75) is 5.25 Å². The van der Waals surface area contributed by atoms with Crippen LogP contribution in [0.15, 0.2) is 0 Å². The molecule has 1 aliphatic rings. The Hall–Kier alpha value is -0.520. The van der Waals surface area contributed by atoms with E-state index >= 15 is 0 Å². The summed E-state index contributed by atoms with van der Waals surface area (Å²) in [6, 6.07) is 0. The van der Waals surface area contributed by atoms with Crippen molar-refractivity contribution in [1.82, 2.24) is 4.90 Å². The third-order valence-corrected chi connectivity index (χ3v) is 2.39. The quantitative estimate of drug-likeness (QED) is 0.272. The van der Waals surface area contributed by atoms with Gasteiger partial charge in [-0.05, 0) is 0 Å². The van der Waals surface area contributed by atoms with E-state index in [0.29, 0.717) is 26.3 Å². The molecule has 0 aromatic rings. The van der Waals surface area contributed by atoms with E-state index in [9.17, 15) is 18.8 Å². The number of carbonyl (C=O) groups is 1. The van der Waals surface area contributed by atoms with Crippen LogP contribution in [-0.2, 0) is 23.6 Å². The van der Waals surface area contributed by atoms with Crippen molar-refractivity contribution in [3.63, 3.8) is 0 Å². The molecule has 7 nitrogen and oxygen atoms in total. The molecule has 1 rings (SSSR count). The van der Waals surface area contributed by atoms with Crippen LogP contribution >= 0.6 is 12.0 Å². The summed E-state index contributed by atoms with van der Waals surface area (Å²) < 4.78 is 38.5. The fourth-order valence-corrected chi connectivity index (χ4v) is 1.30. The fourth-order valence-electron chi connectivity index (χ4n) is 1.05. The average molecular weight is 274 g/mol. The Labute approximate surface area is 99.6 Å². The number of hydrogen-bond acceptors (Lipinski definition) is 8. The second kappa shape index (κ2) is 7.03. The van der Waals surface area contributed by atoms with Crippen LogP contribution in [-0.4, -0.2) is 49.2 Å². The van der Waals surface area contributed by atoms with E-state index in [4.69, 9.17) is 4.74 Å². The zero-order valence-corrected chi connectivity index (χ0v) is 9.41. The molecular weight excluding hydrogens is 264 g/mol. The minimum absolute atomic E-state index is 0.267. The van der Waals surface area contributed by atoms with Crippen LogP contribution in [0.1, 0.15) is 0 Å². The number of halogens is 2. The maximum atomic E-state index is 12.9. The first-order valence-corrected chi connectivity index (χ1v) is 5.30. The highest BCUT2D eigenvalue weighted by atomic mass is 32.2. The van der Waals surface area contributed by atoms with Gasteiger partial charge in [0.25, 0.3) is 0 Å². The van der Waals surface area contributed by atoms with Crippen molar-refractivity contribution in [2.75, 3.05) is 33.0 Å². The minimum Gasteiger partial charge on any atom is -0.691 e. The molecule has 0 aromatic carbocycles. The second-order valence-corrected chi connectivity index (χ2v) is 3.84. The number of hydrogen-bond donors (Lipinski definition) is 0. The summed E-state index contributed by atoms with van der Waals surface area (Å²) in [5, 5.41) is 8.08. The molecule has 100 valence electrons. The number of ether oxygens (including phenoxy) is 2. The highest BCUT2D eigenvalue weighted by molar-refractivity contribution is 7.96. The Morgan fingerprint density at radius 3 is 2.71 bits per heavy atom. The second-order valence-electron chi connectivity index (χ2n) is 3.03. The van der Waals surface area contributed by atoms with Crippen molar-refractivity contribution in [2.24, 2.45) is 0 Å². The fraction of sp³-hybridized carbons (Fsp3) is 0.857. The number of esters is 1. The Balaban J connectivity index is 2.27. The van der Waals surface area contributed by atoms with Crippen LogP contribution in [0.4, 0.5) is 8.78 Å². The summed E-state index contributed by atoms with van der Waals surface area (Å²) in [5.41, 5.74) is 0. The van der Waals surface area contributed by atoms with Gasteiger partial charge in [0.05, 0.1) is 13.2 Å². The van der Waals surface area contributed by atoms with Gasteiger partial charge < -0.3 is 14.7 Å². The molecule has 0 N–H and O–H groups in total. The molecule has 0 unspecified atom stereocenters. The van der Waals surface area contributed by atoms with Crippen molar-refractivity contribution < 1.29 is 37.7 Å². The van der Waals surface area contributed by atoms with Gasteiger partial charge in [-0.2, -0.15) is 13.1 Å². The van der Waals surface area contributed by atoms with Crippen LogP contribution < -0.4 is 5.26 Å². The molecule has 17 heavy (non-hydrogen) atoms. The lowest BCUT2D eigenvalue weighted by Crippen LogP contribution is -2.40. The van der Waals surface area contributed by atoms with Crippen LogP contribution in [0.2, 0.25) is 0 Å². The summed E-state index contributed by atoms with van der Waals surface area (Å²) in [6.45, 7) is 1.63. The minimum atomic E-state index is -3.99. The molecule has 1 fully saturated rings. The van der Waals surface area contributed by atoms with Crippen LogP contribution in [0.5, 0.6) is 0 Å². The molecule has 1 heterocycles. The molecule has 0 radical (unpaired) electrons. The van der Waals surface area contributed by atoms with Crippen LogP contribution in [0.25, 0.3) is 0 Å². The Bertz CT molecular complexity index is 251. The molecule has 0 aromatic heterocycles. The van der Waals surface area contributed by atoms with E-state index in [1.807, 2.05) is 0 Å². The van der Waals surface area contributed by atoms with E-state index in [-0.39, 0.29) is 6.73 Å². The topological polar surface area (TPSA) is 80.3 Å². The van der Waals surface area contributed by atoms with Gasteiger partial charge in [0, 0.05) is 13.1 Å². The SMILES string of the molecule is O=C(OCN1CCOCC1)C(F)(F)SOO[O-]. The number of nitrogens with zero attached hydrogens (tertiary/aromatic N) is 1. The molecule has 0 spiro atoms. The molecular formula is C7H10F2NO6S-. The normalized spacial score (nSPS) is 18.1. The third kappa shape index (κ3) is 5.10. The lowest BCUT2D eigenvalue weighted by Gasteiger charge is -2.26. The first-order valence-electron chi connectivity index (χ1n) is 4.56. The highest BCUT2D eigenvalue weighted by Crippen LogP contribution is 2.30. The summed E-state index contributed by atoms with van der Waals surface area (Å²) in [4.78, 5) is 12.6. The molecule has 0 amide bonds. The van der Waals surface area contributed by atoms with Crippen molar-refractivity contribution >= 4 is 18.0 Å². The summed E-state index contributed by atoms with van der Waals surface area (Å²) in [5.74, 6) is -1.80. The largest absolute Gasteiger partial charge is 0.691 e. The predicted octanol–water partition coefficient (Wildman–Crippen LogP) is -0.716. The number of morpholine rings is 1. The Morgan fingerprint density at radius 1 is 1.47 bits per heavy atom. The molecule has 10 heteroatoms. The first-order chi connectivity index (χ1) is 8.06. The third-order valence-electron chi connectivity index (χ3n) is 1.89. The van der Waals surface area contributed by atoms with Gasteiger partial charge >= 0.3 is 11.2 Å². The van der Waals surface area contributed by atoms with Gasteiger partial charge in [-0.15, -0.1) is 0 Å². The molecule has 1 saturated heterocycles. The lowest BCUT2D eigenvalue weighted by atomic mass is 10.5. The maximum absolute atomic E-state index is 12.9. The monoisotopic (exact) mass is 274 g/mol. The van der Waals surface area contributed by atoms with E-state index < -0.39 is 23.3 Å². The Morgan fingerprint density at radius 2 is 2.12 bits per heavy atom. The van der Waals surface area contributed by atoms with Gasteiger partial charge in [-0.3, -0.25) is 9.94 Å². The smallest absolute Gasteiger partial charge is 0.415 e. The van der Waals surface area contributed by atoms with Crippen molar-refractivity contribution in [1.29, 1.82) is 0 Å². The van der Waals surface area contributed by atoms with Crippen LogP contribution in [0.3, 0.4) is 0 Å². The molecule has 0 saturated carbocycles. The average Bonchev–Trinajstić information content (AvgIpc) is 2.34. The zero-order valence-electron chi connectivity index (χ0n) is 8.60. The lowest BCUT2D eigenvalue weighted by molar-refractivity contribution is -0.777. The van der Waals surface area contributed by atoms with Gasteiger partial charge in [-0.25, -0.2) is 4.79 Å². The molecule has 0 bridgehead atoms. The van der Waals surface area contributed by atoms with Crippen molar-refractivity contribution in [3.8, 4) is 0 Å². The zero-order chi connectivity index (χ0) is 12.7. The summed E-state index contributed by atoms with van der Waals surface area (Å²) in [7, 11) is 0. The first kappa shape index (κ1) is 14.5. The van der Waals surface area contributed by atoms with E-state index in [1.54, 1.807) is 4.90 Å². The van der Waals surface area contributed by atoms with Gasteiger partial charge in [0.15, 0.2) is 0 Å². The number of rotatable bonds is 6. The molecule has 1 aliphatic heterocycles. The summed E-state index contributed by atoms with van der Waals surface area (Å²) >= 11 is -0.712. The van der Waals surface area contributed by atoms with Gasteiger partial charge in [0.2, 0.25) is 0 Å². The maximum Gasteiger partial charge on any atom is 0.415 e. The summed E-state index contributed by atoms with van der Waals surface area (Å²) in [6.07, 6.45) is 0. The van der Waals surface area contributed by atoms with E-state index in [0.717, 1.165) is 0 Å². The standard InChI is InChI=1S/C7H11F2NO6S/c8-7(9,17-16-15-12)6(11)14-5-10-1-3-13-4-2-10/h12H,1-5H2/p-1. The molecule has 0 atom stereocenters. The van der Waals surface area contributed by atoms with Gasteiger partial charge in [0.1, 0.15) is 18.8 Å². The Kier molecular flexibility index (Phi) is 6.02. The number of alkyl halides is 2. The van der Waals surface area contributed by atoms with E-state index in [1.165, 1.54) is 0 Å². The molecule has 0 aliphatic carbocycles. The number of carbonyl (C=O) groups excluding carboxylic acids is 1. The highest BCUT2D eigenvalue weighted by Gasteiger charge is 2.44.